The van der Waals surface area contributed by atoms with E-state index < -0.39 is 0 Å². The van der Waals surface area contributed by atoms with Crippen molar-refractivity contribution in [2.45, 2.75) is 18.7 Å². The molecule has 1 unspecified atom stereocenters. The summed E-state index contributed by atoms with van der Waals surface area (Å²) >= 11 is 3.15. The first-order valence-corrected chi connectivity index (χ1v) is 4.79. The van der Waals surface area contributed by atoms with E-state index in [1.165, 1.54) is 7.11 Å². The number of halogens is 1. The van der Waals surface area contributed by atoms with Gasteiger partial charge >= 0.3 is 5.97 Å². The highest BCUT2D eigenvalue weighted by Crippen LogP contribution is 2.03. The molecule has 0 aliphatic carbocycles. The second kappa shape index (κ2) is 6.43. The first-order chi connectivity index (χ1) is 5.57. The molecule has 0 bridgehead atoms. The molecule has 0 radical (unpaired) electrons. The van der Waals surface area contributed by atoms with Gasteiger partial charge in [0.1, 0.15) is 4.83 Å². The van der Waals surface area contributed by atoms with Crippen LogP contribution in [0.25, 0.3) is 0 Å². The molecule has 12 heavy (non-hydrogen) atoms. The number of hydrogen-bond donors (Lipinski definition) is 0. The zero-order chi connectivity index (χ0) is 9.56. The van der Waals surface area contributed by atoms with Crippen LogP contribution in [0.5, 0.6) is 0 Å². The lowest BCUT2D eigenvalue weighted by atomic mass is 10.2. The Labute approximate surface area is 81.6 Å². The average Bonchev–Trinajstić information content (AvgIpc) is 2.02. The van der Waals surface area contributed by atoms with Crippen molar-refractivity contribution < 1.29 is 14.3 Å². The molecule has 0 spiro atoms. The largest absolute Gasteiger partial charge is 0.468 e. The Morgan fingerprint density at radius 1 is 1.42 bits per heavy atom. The van der Waals surface area contributed by atoms with Crippen LogP contribution < -0.4 is 0 Å². The molecule has 0 aromatic carbocycles. The van der Waals surface area contributed by atoms with E-state index >= 15 is 0 Å². The van der Waals surface area contributed by atoms with Crippen molar-refractivity contribution in [2.24, 2.45) is 5.92 Å². The van der Waals surface area contributed by atoms with Gasteiger partial charge in [-0.25, -0.2) is 0 Å². The third kappa shape index (κ3) is 5.55. The summed E-state index contributed by atoms with van der Waals surface area (Å²) in [7, 11) is 1.36. The van der Waals surface area contributed by atoms with E-state index in [-0.39, 0.29) is 10.8 Å². The van der Waals surface area contributed by atoms with Gasteiger partial charge in [0.25, 0.3) is 0 Å². The lowest BCUT2D eigenvalue weighted by molar-refractivity contribution is -0.140. The van der Waals surface area contributed by atoms with Gasteiger partial charge in [0, 0.05) is 6.61 Å². The van der Waals surface area contributed by atoms with Gasteiger partial charge in [-0.1, -0.05) is 29.8 Å². The summed E-state index contributed by atoms with van der Waals surface area (Å²) in [6.07, 6.45) is 0. The molecule has 0 aliphatic rings. The number of carbonyl (C=O) groups is 1. The number of methoxy groups -OCH3 is 1. The van der Waals surface area contributed by atoms with Crippen LogP contribution in [-0.4, -0.2) is 31.1 Å². The van der Waals surface area contributed by atoms with Crippen molar-refractivity contribution in [3.05, 3.63) is 0 Å². The first-order valence-electron chi connectivity index (χ1n) is 3.87. The zero-order valence-electron chi connectivity index (χ0n) is 7.67. The number of alkyl halides is 1. The van der Waals surface area contributed by atoms with Crippen LogP contribution in [0.3, 0.4) is 0 Å². The van der Waals surface area contributed by atoms with Gasteiger partial charge in [-0.3, -0.25) is 4.79 Å². The van der Waals surface area contributed by atoms with E-state index in [9.17, 15) is 4.79 Å². The number of carbonyl (C=O) groups excluding carboxylic acids is 1. The van der Waals surface area contributed by atoms with E-state index in [4.69, 9.17) is 4.74 Å². The van der Waals surface area contributed by atoms with E-state index in [0.717, 1.165) is 0 Å². The molecular formula is C8H15BrO3. The van der Waals surface area contributed by atoms with Crippen LogP contribution in [0, 0.1) is 5.92 Å². The van der Waals surface area contributed by atoms with Gasteiger partial charge in [0.15, 0.2) is 0 Å². The molecular weight excluding hydrogens is 224 g/mol. The third-order valence-electron chi connectivity index (χ3n) is 1.17. The van der Waals surface area contributed by atoms with E-state index in [0.29, 0.717) is 19.1 Å². The highest BCUT2D eigenvalue weighted by molar-refractivity contribution is 9.10. The molecule has 0 rings (SSSR count). The topological polar surface area (TPSA) is 35.5 Å². The Bertz CT molecular complexity index is 136. The lowest BCUT2D eigenvalue weighted by Gasteiger charge is -2.09. The fourth-order valence-corrected chi connectivity index (χ4v) is 0.977. The highest BCUT2D eigenvalue weighted by Gasteiger charge is 2.14. The van der Waals surface area contributed by atoms with Gasteiger partial charge in [-0.05, 0) is 5.92 Å². The molecule has 0 fully saturated rings. The Kier molecular flexibility index (Phi) is 6.38. The first kappa shape index (κ1) is 11.9. The third-order valence-corrected chi connectivity index (χ3v) is 1.81. The van der Waals surface area contributed by atoms with Crippen LogP contribution >= 0.6 is 15.9 Å². The van der Waals surface area contributed by atoms with Crippen molar-refractivity contribution >= 4 is 21.9 Å². The predicted octanol–water partition coefficient (Wildman–Crippen LogP) is 1.60. The summed E-state index contributed by atoms with van der Waals surface area (Å²) in [6.45, 7) is 5.15. The summed E-state index contributed by atoms with van der Waals surface area (Å²) in [5, 5.41) is 0. The number of ether oxygens (including phenoxy) is 2. The molecule has 0 amide bonds. The number of esters is 1. The minimum absolute atomic E-state index is 0.293. The lowest BCUT2D eigenvalue weighted by Crippen LogP contribution is -2.22. The molecule has 0 saturated carbocycles. The molecule has 0 aromatic rings. The second-order valence-electron chi connectivity index (χ2n) is 2.92. The summed E-state index contributed by atoms with van der Waals surface area (Å²) in [5.41, 5.74) is 0. The quantitative estimate of drug-likeness (QED) is 0.540. The van der Waals surface area contributed by atoms with Crippen LogP contribution in [0.15, 0.2) is 0 Å². The van der Waals surface area contributed by atoms with Gasteiger partial charge in [-0.2, -0.15) is 0 Å². The fourth-order valence-electron chi connectivity index (χ4n) is 0.603. The predicted molar refractivity (Wildman–Crippen MR) is 50.4 cm³/mol. The van der Waals surface area contributed by atoms with E-state index in [2.05, 4.69) is 34.5 Å². The second-order valence-corrected chi connectivity index (χ2v) is 4.03. The monoisotopic (exact) mass is 238 g/mol. The van der Waals surface area contributed by atoms with Crippen LogP contribution in [0.1, 0.15) is 13.8 Å². The molecule has 0 saturated heterocycles. The van der Waals surface area contributed by atoms with Crippen molar-refractivity contribution in [2.75, 3.05) is 20.3 Å². The molecule has 0 heterocycles. The minimum Gasteiger partial charge on any atom is -0.468 e. The Morgan fingerprint density at radius 3 is 2.42 bits per heavy atom. The maximum absolute atomic E-state index is 10.8. The molecule has 3 nitrogen and oxygen atoms in total. The van der Waals surface area contributed by atoms with Gasteiger partial charge in [0.05, 0.1) is 13.7 Å². The Balaban J connectivity index is 3.43. The maximum atomic E-state index is 10.8. The normalized spacial score (nSPS) is 13.1. The highest BCUT2D eigenvalue weighted by atomic mass is 79.9. The molecule has 72 valence electrons. The molecule has 0 aliphatic heterocycles. The fraction of sp³-hybridized carbons (Fsp3) is 0.875. The molecule has 0 aromatic heterocycles. The summed E-state index contributed by atoms with van der Waals surface area (Å²) in [4.78, 5) is 10.5. The van der Waals surface area contributed by atoms with Crippen LogP contribution in [0.4, 0.5) is 0 Å². The van der Waals surface area contributed by atoms with Gasteiger partial charge < -0.3 is 9.47 Å². The molecule has 1 atom stereocenters. The summed E-state index contributed by atoms with van der Waals surface area (Å²) < 4.78 is 9.74. The van der Waals surface area contributed by atoms with Gasteiger partial charge in [0.2, 0.25) is 0 Å². The summed E-state index contributed by atoms with van der Waals surface area (Å²) in [5.74, 6) is 0.195. The number of rotatable bonds is 5. The van der Waals surface area contributed by atoms with E-state index in [1.54, 1.807) is 0 Å². The standard InChI is InChI=1S/C8H15BrO3/c1-6(2)4-12-5-7(9)8(10)11-3/h6-7H,4-5H2,1-3H3. The maximum Gasteiger partial charge on any atom is 0.321 e. The van der Waals surface area contributed by atoms with E-state index in [1.807, 2.05) is 0 Å². The molecule has 0 N–H and O–H groups in total. The Hall–Kier alpha value is -0.0900. The smallest absolute Gasteiger partial charge is 0.321 e. The van der Waals surface area contributed by atoms with Crippen molar-refractivity contribution in [1.82, 2.24) is 0 Å². The summed E-state index contributed by atoms with van der Waals surface area (Å²) in [6, 6.07) is 0. The Morgan fingerprint density at radius 2 is 2.00 bits per heavy atom. The van der Waals surface area contributed by atoms with Crippen LogP contribution in [-0.2, 0) is 14.3 Å². The van der Waals surface area contributed by atoms with Crippen molar-refractivity contribution in [3.8, 4) is 0 Å². The van der Waals surface area contributed by atoms with Crippen molar-refractivity contribution in [3.63, 3.8) is 0 Å². The molecule has 4 heteroatoms. The SMILES string of the molecule is COC(=O)C(Br)COCC(C)C. The minimum atomic E-state index is -0.346. The number of hydrogen-bond acceptors (Lipinski definition) is 3. The van der Waals surface area contributed by atoms with Crippen LogP contribution in [0.2, 0.25) is 0 Å². The van der Waals surface area contributed by atoms with Crippen molar-refractivity contribution in [1.29, 1.82) is 0 Å². The zero-order valence-corrected chi connectivity index (χ0v) is 9.26. The average molecular weight is 239 g/mol. The van der Waals surface area contributed by atoms with Gasteiger partial charge in [-0.15, -0.1) is 0 Å².